The van der Waals surface area contributed by atoms with Crippen LogP contribution < -0.4 is 10.6 Å². The van der Waals surface area contributed by atoms with E-state index in [0.717, 1.165) is 24.2 Å². The quantitative estimate of drug-likeness (QED) is 0.594. The molecule has 0 spiro atoms. The van der Waals surface area contributed by atoms with E-state index in [1.165, 1.54) is 18.2 Å². The highest BCUT2D eigenvalue weighted by Crippen LogP contribution is 2.34. The molecule has 1 fully saturated rings. The molecule has 1 aliphatic rings. The normalized spacial score (nSPS) is 15.8. The molecule has 0 aliphatic carbocycles. The molecular formula is C20H17ClFN5O2S. The van der Waals surface area contributed by atoms with Crippen molar-refractivity contribution >= 4 is 46.3 Å². The highest BCUT2D eigenvalue weighted by molar-refractivity contribution is 7.13. The number of nitrogens with one attached hydrogen (secondary N) is 2. The molecule has 2 heterocycles. The van der Waals surface area contributed by atoms with Crippen molar-refractivity contribution in [3.63, 3.8) is 0 Å². The second kappa shape index (κ2) is 8.76. The van der Waals surface area contributed by atoms with Crippen LogP contribution in [0.5, 0.6) is 0 Å². The topological polar surface area (TPSA) is 87.2 Å². The summed E-state index contributed by atoms with van der Waals surface area (Å²) in [7, 11) is 0. The third-order valence-electron chi connectivity index (χ3n) is 4.63. The van der Waals surface area contributed by atoms with Crippen molar-refractivity contribution in [2.45, 2.75) is 18.9 Å². The summed E-state index contributed by atoms with van der Waals surface area (Å²) in [5.74, 6) is -0.925. The van der Waals surface area contributed by atoms with Crippen molar-refractivity contribution in [2.75, 3.05) is 17.2 Å². The van der Waals surface area contributed by atoms with Crippen LogP contribution in [0.25, 0.3) is 0 Å². The van der Waals surface area contributed by atoms with E-state index < -0.39 is 11.7 Å². The number of para-hydroxylation sites is 1. The summed E-state index contributed by atoms with van der Waals surface area (Å²) in [5.41, 5.74) is 0.862. The summed E-state index contributed by atoms with van der Waals surface area (Å²) in [4.78, 5) is 26.8. The van der Waals surface area contributed by atoms with Gasteiger partial charge < -0.3 is 15.5 Å². The number of anilines is 2. The Kier molecular flexibility index (Phi) is 5.91. The van der Waals surface area contributed by atoms with Gasteiger partial charge in [0.15, 0.2) is 0 Å². The third-order valence-corrected chi connectivity index (χ3v) is 5.98. The number of rotatable bonds is 4. The molecule has 2 N–H and O–H groups in total. The lowest BCUT2D eigenvalue weighted by molar-refractivity contribution is 0.102. The van der Waals surface area contributed by atoms with Gasteiger partial charge in [-0.25, -0.2) is 9.18 Å². The Balaban J connectivity index is 1.46. The van der Waals surface area contributed by atoms with Crippen molar-refractivity contribution in [3.8, 4) is 0 Å². The first kappa shape index (κ1) is 20.2. The molecule has 0 radical (unpaired) electrons. The van der Waals surface area contributed by atoms with Crippen LogP contribution >= 0.6 is 22.9 Å². The molecule has 0 bridgehead atoms. The van der Waals surface area contributed by atoms with Gasteiger partial charge in [-0.15, -0.1) is 10.2 Å². The molecule has 1 aromatic heterocycles. The van der Waals surface area contributed by atoms with Crippen LogP contribution in [-0.4, -0.2) is 33.6 Å². The number of amides is 3. The van der Waals surface area contributed by atoms with Gasteiger partial charge in [0.2, 0.25) is 5.01 Å². The van der Waals surface area contributed by atoms with E-state index in [0.29, 0.717) is 27.9 Å². The van der Waals surface area contributed by atoms with E-state index in [4.69, 9.17) is 11.6 Å². The van der Waals surface area contributed by atoms with Crippen LogP contribution in [0, 0.1) is 5.82 Å². The number of likely N-dealkylation sites (tertiary alicyclic amines) is 1. The van der Waals surface area contributed by atoms with Gasteiger partial charge >= 0.3 is 6.03 Å². The molecule has 1 aliphatic heterocycles. The van der Waals surface area contributed by atoms with Gasteiger partial charge in [0.1, 0.15) is 10.8 Å². The maximum absolute atomic E-state index is 13.3. The number of carbonyl (C=O) groups is 2. The molecular weight excluding hydrogens is 429 g/mol. The fraction of sp³-hybridized carbons (Fsp3) is 0.200. The molecule has 3 aromatic rings. The molecule has 4 rings (SSSR count). The second-order valence-electron chi connectivity index (χ2n) is 6.67. The summed E-state index contributed by atoms with van der Waals surface area (Å²) >= 11 is 7.24. The van der Waals surface area contributed by atoms with E-state index in [1.54, 1.807) is 35.2 Å². The van der Waals surface area contributed by atoms with E-state index in [9.17, 15) is 14.0 Å². The van der Waals surface area contributed by atoms with Crippen LogP contribution in [0.3, 0.4) is 0 Å². The van der Waals surface area contributed by atoms with Gasteiger partial charge in [0.25, 0.3) is 5.91 Å². The number of halogens is 2. The lowest BCUT2D eigenvalue weighted by Gasteiger charge is -2.23. The molecule has 1 atom stereocenters. The minimum Gasteiger partial charge on any atom is -0.320 e. The van der Waals surface area contributed by atoms with Crippen LogP contribution in [0.15, 0.2) is 48.5 Å². The van der Waals surface area contributed by atoms with Crippen LogP contribution in [-0.2, 0) is 0 Å². The first-order chi connectivity index (χ1) is 14.5. The summed E-state index contributed by atoms with van der Waals surface area (Å²) < 4.78 is 13.3. The number of hydrogen-bond donors (Lipinski definition) is 2. The van der Waals surface area contributed by atoms with Crippen molar-refractivity contribution in [3.05, 3.63) is 69.4 Å². The van der Waals surface area contributed by atoms with Crippen molar-refractivity contribution in [1.82, 2.24) is 15.1 Å². The zero-order valence-electron chi connectivity index (χ0n) is 15.6. The molecule has 30 heavy (non-hydrogen) atoms. The predicted molar refractivity (Wildman–Crippen MR) is 113 cm³/mol. The van der Waals surface area contributed by atoms with Gasteiger partial charge in [0.05, 0.1) is 16.8 Å². The smallest absolute Gasteiger partial charge is 0.320 e. The van der Waals surface area contributed by atoms with Crippen LogP contribution in [0.4, 0.5) is 20.6 Å². The van der Waals surface area contributed by atoms with E-state index in [1.807, 2.05) is 0 Å². The minimum atomic E-state index is -0.477. The maximum atomic E-state index is 13.3. The molecule has 7 nitrogen and oxygen atoms in total. The molecule has 0 unspecified atom stereocenters. The highest BCUT2D eigenvalue weighted by atomic mass is 35.5. The highest BCUT2D eigenvalue weighted by Gasteiger charge is 2.33. The van der Waals surface area contributed by atoms with E-state index in [2.05, 4.69) is 20.8 Å². The van der Waals surface area contributed by atoms with Gasteiger partial charge in [0, 0.05) is 12.2 Å². The summed E-state index contributed by atoms with van der Waals surface area (Å²) in [6.07, 6.45) is 1.53. The third kappa shape index (κ3) is 4.42. The molecule has 10 heteroatoms. The summed E-state index contributed by atoms with van der Waals surface area (Å²) in [5, 5.41) is 14.7. The Labute approximate surface area is 180 Å². The van der Waals surface area contributed by atoms with Crippen molar-refractivity contribution < 1.29 is 14.0 Å². The maximum Gasteiger partial charge on any atom is 0.322 e. The molecule has 1 saturated heterocycles. The van der Waals surface area contributed by atoms with Crippen LogP contribution in [0.1, 0.15) is 33.7 Å². The Morgan fingerprint density at radius 1 is 1.13 bits per heavy atom. The predicted octanol–water partition coefficient (Wildman–Crippen LogP) is 4.95. The fourth-order valence-corrected chi connectivity index (χ4v) is 4.30. The number of urea groups is 1. The number of carbonyl (C=O) groups excluding carboxylic acids is 2. The van der Waals surface area contributed by atoms with E-state index >= 15 is 0 Å². The minimum absolute atomic E-state index is 0.146. The lowest BCUT2D eigenvalue weighted by Crippen LogP contribution is -2.34. The van der Waals surface area contributed by atoms with Gasteiger partial charge in [-0.1, -0.05) is 41.1 Å². The molecule has 154 valence electrons. The van der Waals surface area contributed by atoms with Gasteiger partial charge in [-0.05, 0) is 43.2 Å². The van der Waals surface area contributed by atoms with Crippen molar-refractivity contribution in [1.29, 1.82) is 0 Å². The van der Waals surface area contributed by atoms with Gasteiger partial charge in [-0.2, -0.15) is 0 Å². The Morgan fingerprint density at radius 2 is 1.97 bits per heavy atom. The van der Waals surface area contributed by atoms with Gasteiger partial charge in [-0.3, -0.25) is 4.79 Å². The number of hydrogen-bond acceptors (Lipinski definition) is 5. The lowest BCUT2D eigenvalue weighted by atomic mass is 10.2. The Morgan fingerprint density at radius 3 is 2.77 bits per heavy atom. The molecule has 3 amide bonds. The summed E-state index contributed by atoms with van der Waals surface area (Å²) in [6.45, 7) is 0.561. The average Bonchev–Trinajstić information content (AvgIpc) is 3.39. The van der Waals surface area contributed by atoms with Crippen molar-refractivity contribution in [2.24, 2.45) is 0 Å². The Hall–Kier alpha value is -3.04. The standard InChI is InChI=1S/C20H17ClFN5O2S/c21-14-7-1-2-8-15(14)24-20(29)27-10-4-9-16(27)18-25-26-19(30-18)17(28)23-13-6-3-5-12(22)11-13/h1-3,5-8,11,16H,4,9-10H2,(H,23,28)(H,24,29)/t16-/m0/s1. The first-order valence-electron chi connectivity index (χ1n) is 9.24. The first-order valence-corrected chi connectivity index (χ1v) is 10.4. The summed E-state index contributed by atoms with van der Waals surface area (Å²) in [6, 6.07) is 12.0. The number of aromatic nitrogens is 2. The SMILES string of the molecule is O=C(Nc1cccc(F)c1)c1nnc([C@@H]2CCCN2C(=O)Nc2ccccc2Cl)s1. The Bertz CT molecular complexity index is 1090. The zero-order chi connectivity index (χ0) is 21.1. The molecule has 0 saturated carbocycles. The van der Waals surface area contributed by atoms with E-state index in [-0.39, 0.29) is 17.1 Å². The second-order valence-corrected chi connectivity index (χ2v) is 8.09. The average molecular weight is 446 g/mol. The molecule has 2 aromatic carbocycles. The monoisotopic (exact) mass is 445 g/mol. The zero-order valence-corrected chi connectivity index (χ0v) is 17.2. The fourth-order valence-electron chi connectivity index (χ4n) is 3.23. The van der Waals surface area contributed by atoms with Crippen LogP contribution in [0.2, 0.25) is 5.02 Å². The largest absolute Gasteiger partial charge is 0.322 e. The number of benzene rings is 2. The number of nitrogens with zero attached hydrogens (tertiary/aromatic N) is 3.